The molecule has 8 heteroatoms. The van der Waals surface area contributed by atoms with Crippen LogP contribution in [0.5, 0.6) is 0 Å². The van der Waals surface area contributed by atoms with Crippen LogP contribution in [0, 0.1) is 0 Å². The topological polar surface area (TPSA) is 147 Å². The second-order valence-electron chi connectivity index (χ2n) is 4.24. The highest BCUT2D eigenvalue weighted by atomic mass is 16.4. The van der Waals surface area contributed by atoms with E-state index in [2.05, 4.69) is 5.32 Å². The quantitative estimate of drug-likeness (QED) is 0.549. The van der Waals surface area contributed by atoms with Crippen LogP contribution in [0.25, 0.3) is 0 Å². The summed E-state index contributed by atoms with van der Waals surface area (Å²) in [5.41, 5.74) is 5.41. The number of carboxylic acid groups (broad SMARTS) is 2. The van der Waals surface area contributed by atoms with Crippen molar-refractivity contribution in [1.82, 2.24) is 5.32 Å². The number of hydrogen-bond donors (Lipinski definition) is 4. The molecule has 1 unspecified atom stereocenters. The van der Waals surface area contributed by atoms with Crippen molar-refractivity contribution in [2.45, 2.75) is 18.9 Å². The van der Waals surface area contributed by atoms with Gasteiger partial charge in [0.25, 0.3) is 5.91 Å². The third-order valence-electron chi connectivity index (χ3n) is 2.68. The van der Waals surface area contributed by atoms with E-state index in [1.807, 2.05) is 0 Å². The van der Waals surface area contributed by atoms with E-state index in [0.717, 1.165) is 0 Å². The Hall–Kier alpha value is -2.90. The largest absolute Gasteiger partial charge is 0.481 e. The molecule has 0 spiro atoms. The lowest BCUT2D eigenvalue weighted by Crippen LogP contribution is -2.41. The lowest BCUT2D eigenvalue weighted by molar-refractivity contribution is -0.140. The molecule has 0 heterocycles. The smallest absolute Gasteiger partial charge is 0.326 e. The standard InChI is InChI=1S/C13H14N2O6/c14-11(18)7-1-3-8(4-2-7)12(19)15-9(13(20)21)5-6-10(16)17/h1-4,9H,5-6H2,(H2,14,18)(H,15,19)(H,16,17)(H,20,21). The summed E-state index contributed by atoms with van der Waals surface area (Å²) in [6.07, 6.45) is -0.604. The number of carbonyl (C=O) groups is 4. The molecule has 1 aromatic carbocycles. The van der Waals surface area contributed by atoms with Gasteiger partial charge in [0.2, 0.25) is 5.91 Å². The van der Waals surface area contributed by atoms with Gasteiger partial charge in [-0.1, -0.05) is 0 Å². The Balaban J connectivity index is 2.74. The highest BCUT2D eigenvalue weighted by Gasteiger charge is 2.21. The number of carbonyl (C=O) groups excluding carboxylic acids is 2. The number of nitrogens with one attached hydrogen (secondary N) is 1. The maximum atomic E-state index is 11.8. The van der Waals surface area contributed by atoms with Crippen molar-refractivity contribution in [2.24, 2.45) is 5.73 Å². The molecule has 0 aliphatic carbocycles. The third kappa shape index (κ3) is 4.94. The molecule has 1 aromatic rings. The van der Waals surface area contributed by atoms with Crippen LogP contribution in [0.1, 0.15) is 33.6 Å². The van der Waals surface area contributed by atoms with Gasteiger partial charge in [0, 0.05) is 17.5 Å². The van der Waals surface area contributed by atoms with E-state index in [1.54, 1.807) is 0 Å². The molecule has 0 fully saturated rings. The monoisotopic (exact) mass is 294 g/mol. The van der Waals surface area contributed by atoms with Gasteiger partial charge in [-0.2, -0.15) is 0 Å². The Morgan fingerprint density at radius 3 is 2.00 bits per heavy atom. The second kappa shape index (κ2) is 7.04. The molecule has 0 aromatic heterocycles. The molecule has 0 saturated carbocycles. The third-order valence-corrected chi connectivity index (χ3v) is 2.68. The van der Waals surface area contributed by atoms with Gasteiger partial charge >= 0.3 is 11.9 Å². The van der Waals surface area contributed by atoms with Gasteiger partial charge in [-0.3, -0.25) is 14.4 Å². The van der Waals surface area contributed by atoms with Crippen molar-refractivity contribution in [2.75, 3.05) is 0 Å². The molecule has 1 atom stereocenters. The Kier molecular flexibility index (Phi) is 5.41. The molecule has 0 aliphatic rings. The van der Waals surface area contributed by atoms with E-state index in [4.69, 9.17) is 15.9 Å². The highest BCUT2D eigenvalue weighted by Crippen LogP contribution is 2.06. The number of hydrogen-bond acceptors (Lipinski definition) is 4. The van der Waals surface area contributed by atoms with Crippen LogP contribution in [0.4, 0.5) is 0 Å². The summed E-state index contributed by atoms with van der Waals surface area (Å²) in [7, 11) is 0. The van der Waals surface area contributed by atoms with Crippen molar-refractivity contribution < 1.29 is 29.4 Å². The zero-order valence-corrected chi connectivity index (χ0v) is 10.9. The van der Waals surface area contributed by atoms with E-state index in [0.29, 0.717) is 0 Å². The van der Waals surface area contributed by atoms with Crippen molar-refractivity contribution >= 4 is 23.8 Å². The summed E-state index contributed by atoms with van der Waals surface area (Å²) >= 11 is 0. The summed E-state index contributed by atoms with van der Waals surface area (Å²) in [6.45, 7) is 0. The maximum Gasteiger partial charge on any atom is 0.326 e. The minimum absolute atomic E-state index is 0.140. The molecule has 0 bridgehead atoms. The zero-order valence-electron chi connectivity index (χ0n) is 10.9. The number of nitrogens with two attached hydrogens (primary N) is 1. The van der Waals surface area contributed by atoms with Crippen molar-refractivity contribution in [1.29, 1.82) is 0 Å². The number of aliphatic carboxylic acids is 2. The van der Waals surface area contributed by atoms with Crippen molar-refractivity contribution in [3.63, 3.8) is 0 Å². The van der Waals surface area contributed by atoms with Gasteiger partial charge in [0.05, 0.1) is 0 Å². The average molecular weight is 294 g/mol. The summed E-state index contributed by atoms with van der Waals surface area (Å²) in [5.74, 6) is -3.80. The first-order chi connectivity index (χ1) is 9.81. The molecular weight excluding hydrogens is 280 g/mol. The fourth-order valence-corrected chi connectivity index (χ4v) is 1.55. The predicted octanol–water partition coefficient (Wildman–Crippen LogP) is -0.167. The minimum Gasteiger partial charge on any atom is -0.481 e. The molecule has 0 saturated heterocycles. The molecule has 8 nitrogen and oxygen atoms in total. The Labute approximate surface area is 119 Å². The van der Waals surface area contributed by atoms with Gasteiger partial charge in [0.15, 0.2) is 0 Å². The lowest BCUT2D eigenvalue weighted by atomic mass is 10.1. The maximum absolute atomic E-state index is 11.8. The molecule has 0 radical (unpaired) electrons. The van der Waals surface area contributed by atoms with Crippen LogP contribution >= 0.6 is 0 Å². The first-order valence-electron chi connectivity index (χ1n) is 5.96. The van der Waals surface area contributed by atoms with E-state index in [1.165, 1.54) is 24.3 Å². The summed E-state index contributed by atoms with van der Waals surface area (Å²) in [6, 6.07) is 4.02. The molecule has 1 rings (SSSR count). The van der Waals surface area contributed by atoms with Crippen LogP contribution in [0.2, 0.25) is 0 Å². The van der Waals surface area contributed by atoms with Crippen molar-refractivity contribution in [3.8, 4) is 0 Å². The van der Waals surface area contributed by atoms with Crippen LogP contribution in [0.15, 0.2) is 24.3 Å². The average Bonchev–Trinajstić information content (AvgIpc) is 2.42. The van der Waals surface area contributed by atoms with Crippen LogP contribution in [-0.4, -0.2) is 40.0 Å². The Morgan fingerprint density at radius 2 is 1.57 bits per heavy atom. The number of carboxylic acids is 2. The number of benzene rings is 1. The molecular formula is C13H14N2O6. The molecule has 0 aliphatic heterocycles. The van der Waals surface area contributed by atoms with E-state index in [-0.39, 0.29) is 24.0 Å². The molecule has 21 heavy (non-hydrogen) atoms. The van der Waals surface area contributed by atoms with Gasteiger partial charge < -0.3 is 21.3 Å². The van der Waals surface area contributed by atoms with Gasteiger partial charge in [-0.15, -0.1) is 0 Å². The fraction of sp³-hybridized carbons (Fsp3) is 0.231. The number of rotatable bonds is 7. The number of primary amides is 1. The Morgan fingerprint density at radius 1 is 1.05 bits per heavy atom. The molecule has 5 N–H and O–H groups in total. The first kappa shape index (κ1) is 16.2. The normalized spacial score (nSPS) is 11.4. The highest BCUT2D eigenvalue weighted by molar-refractivity contribution is 5.98. The minimum atomic E-state index is -1.32. The fourth-order valence-electron chi connectivity index (χ4n) is 1.55. The predicted molar refractivity (Wildman–Crippen MR) is 70.7 cm³/mol. The second-order valence-corrected chi connectivity index (χ2v) is 4.24. The van der Waals surface area contributed by atoms with Crippen LogP contribution in [0.3, 0.4) is 0 Å². The van der Waals surface area contributed by atoms with Crippen LogP contribution < -0.4 is 11.1 Å². The summed E-state index contributed by atoms with van der Waals surface area (Å²) < 4.78 is 0. The van der Waals surface area contributed by atoms with E-state index >= 15 is 0 Å². The van der Waals surface area contributed by atoms with Gasteiger partial charge in [-0.05, 0) is 30.7 Å². The van der Waals surface area contributed by atoms with Gasteiger partial charge in [-0.25, -0.2) is 4.79 Å². The van der Waals surface area contributed by atoms with E-state index in [9.17, 15) is 19.2 Å². The molecule has 112 valence electrons. The molecule has 2 amide bonds. The Bertz CT molecular complexity index is 567. The van der Waals surface area contributed by atoms with Crippen LogP contribution in [-0.2, 0) is 9.59 Å². The van der Waals surface area contributed by atoms with Crippen molar-refractivity contribution in [3.05, 3.63) is 35.4 Å². The first-order valence-corrected chi connectivity index (χ1v) is 5.96. The van der Waals surface area contributed by atoms with E-state index < -0.39 is 29.8 Å². The summed E-state index contributed by atoms with van der Waals surface area (Å²) in [5, 5.41) is 19.7. The zero-order chi connectivity index (χ0) is 16.0. The lowest BCUT2D eigenvalue weighted by Gasteiger charge is -2.13. The van der Waals surface area contributed by atoms with Gasteiger partial charge in [0.1, 0.15) is 6.04 Å². The number of amides is 2. The SMILES string of the molecule is NC(=O)c1ccc(C(=O)NC(CCC(=O)O)C(=O)O)cc1. The summed E-state index contributed by atoms with van der Waals surface area (Å²) in [4.78, 5) is 44.1.